The molecular formula is C21H16N4O3. The Labute approximate surface area is 159 Å². The highest BCUT2D eigenvalue weighted by atomic mass is 16.2. The van der Waals surface area contributed by atoms with Gasteiger partial charge in [-0.2, -0.15) is 5.10 Å². The third-order valence-corrected chi connectivity index (χ3v) is 4.41. The third kappa shape index (κ3) is 3.45. The number of hydrogen-bond donors (Lipinski definition) is 3. The summed E-state index contributed by atoms with van der Waals surface area (Å²) in [7, 11) is 0. The van der Waals surface area contributed by atoms with Crippen LogP contribution in [0.25, 0.3) is 21.5 Å². The van der Waals surface area contributed by atoms with E-state index in [1.807, 2.05) is 42.5 Å². The number of fused-ring (bicyclic) bond motifs is 2. The van der Waals surface area contributed by atoms with E-state index in [1.165, 1.54) is 0 Å². The largest absolute Gasteiger partial charge is 0.290 e. The summed E-state index contributed by atoms with van der Waals surface area (Å²) in [5.74, 6) is -0.975. The molecule has 138 valence electrons. The van der Waals surface area contributed by atoms with E-state index >= 15 is 0 Å². The minimum Gasteiger partial charge on any atom is -0.273 e. The summed E-state index contributed by atoms with van der Waals surface area (Å²) in [5, 5.41) is 8.99. The highest BCUT2D eigenvalue weighted by Gasteiger charge is 2.14. The zero-order valence-electron chi connectivity index (χ0n) is 14.7. The van der Waals surface area contributed by atoms with E-state index in [0.29, 0.717) is 10.8 Å². The van der Waals surface area contributed by atoms with Crippen LogP contribution in [0, 0.1) is 0 Å². The summed E-state index contributed by atoms with van der Waals surface area (Å²) < 4.78 is 0. The van der Waals surface area contributed by atoms with Gasteiger partial charge < -0.3 is 0 Å². The second kappa shape index (κ2) is 7.32. The standard InChI is InChI=1S/C21H16N4O3/c26-18(12-13-9-10-14-5-1-2-6-15(14)11-13)22-25-21(28)19-16-7-3-4-8-17(16)20(27)24-23-19/h1-11H,12H2,(H,22,26)(H,24,27)(H,25,28). The van der Waals surface area contributed by atoms with Crippen LogP contribution in [0.5, 0.6) is 0 Å². The highest BCUT2D eigenvalue weighted by molar-refractivity contribution is 6.05. The molecule has 0 bridgehead atoms. The molecule has 4 aromatic rings. The monoisotopic (exact) mass is 372 g/mol. The Bertz CT molecular complexity index is 1260. The van der Waals surface area contributed by atoms with Crippen molar-refractivity contribution in [3.8, 4) is 0 Å². The topological polar surface area (TPSA) is 104 Å². The Morgan fingerprint density at radius 3 is 2.39 bits per heavy atom. The van der Waals surface area contributed by atoms with Crippen molar-refractivity contribution < 1.29 is 9.59 Å². The summed E-state index contributed by atoms with van der Waals surface area (Å²) in [6.45, 7) is 0. The van der Waals surface area contributed by atoms with Crippen molar-refractivity contribution in [1.82, 2.24) is 21.0 Å². The lowest BCUT2D eigenvalue weighted by Crippen LogP contribution is -2.43. The normalized spacial score (nSPS) is 10.7. The number of aromatic nitrogens is 2. The van der Waals surface area contributed by atoms with Gasteiger partial charge in [-0.25, -0.2) is 5.10 Å². The van der Waals surface area contributed by atoms with E-state index in [0.717, 1.165) is 16.3 Å². The first-order valence-corrected chi connectivity index (χ1v) is 8.66. The molecule has 1 aromatic heterocycles. The van der Waals surface area contributed by atoms with Crippen molar-refractivity contribution in [3.63, 3.8) is 0 Å². The molecule has 0 saturated carbocycles. The Morgan fingerprint density at radius 1 is 0.857 bits per heavy atom. The van der Waals surface area contributed by atoms with Crippen LogP contribution in [-0.2, 0) is 11.2 Å². The molecule has 0 atom stereocenters. The molecular weight excluding hydrogens is 356 g/mol. The third-order valence-electron chi connectivity index (χ3n) is 4.41. The number of benzene rings is 3. The number of nitrogens with one attached hydrogen (secondary N) is 3. The molecule has 7 nitrogen and oxygen atoms in total. The molecule has 3 aromatic carbocycles. The van der Waals surface area contributed by atoms with E-state index in [1.54, 1.807) is 24.3 Å². The molecule has 0 spiro atoms. The fourth-order valence-corrected chi connectivity index (χ4v) is 3.05. The first-order chi connectivity index (χ1) is 13.6. The Kier molecular flexibility index (Phi) is 4.55. The molecule has 0 fully saturated rings. The first-order valence-electron chi connectivity index (χ1n) is 8.66. The van der Waals surface area contributed by atoms with Crippen LogP contribution in [0.1, 0.15) is 16.1 Å². The smallest absolute Gasteiger partial charge is 0.273 e. The van der Waals surface area contributed by atoms with Gasteiger partial charge in [-0.1, -0.05) is 60.7 Å². The molecule has 0 saturated heterocycles. The molecule has 0 aliphatic rings. The van der Waals surface area contributed by atoms with Crippen molar-refractivity contribution >= 4 is 33.4 Å². The summed E-state index contributed by atoms with van der Waals surface area (Å²) in [6, 6.07) is 20.3. The molecule has 4 rings (SSSR count). The zero-order chi connectivity index (χ0) is 19.5. The lowest BCUT2D eigenvalue weighted by Gasteiger charge is -2.09. The quantitative estimate of drug-likeness (QED) is 0.479. The highest BCUT2D eigenvalue weighted by Crippen LogP contribution is 2.16. The Hall–Kier alpha value is -4.00. The minimum absolute atomic E-state index is 0.0289. The van der Waals surface area contributed by atoms with Crippen molar-refractivity contribution in [2.75, 3.05) is 0 Å². The van der Waals surface area contributed by atoms with Gasteiger partial charge in [0, 0.05) is 5.39 Å². The van der Waals surface area contributed by atoms with Crippen molar-refractivity contribution in [3.05, 3.63) is 88.3 Å². The number of H-pyrrole nitrogens is 1. The van der Waals surface area contributed by atoms with Gasteiger partial charge >= 0.3 is 0 Å². The van der Waals surface area contributed by atoms with Crippen LogP contribution in [0.15, 0.2) is 71.5 Å². The number of carbonyl (C=O) groups excluding carboxylic acids is 2. The fourth-order valence-electron chi connectivity index (χ4n) is 3.05. The van der Waals surface area contributed by atoms with Crippen LogP contribution >= 0.6 is 0 Å². The number of rotatable bonds is 3. The van der Waals surface area contributed by atoms with Gasteiger partial charge in [0.15, 0.2) is 5.69 Å². The van der Waals surface area contributed by atoms with Crippen LogP contribution in [-0.4, -0.2) is 22.0 Å². The molecule has 0 aliphatic carbocycles. The zero-order valence-corrected chi connectivity index (χ0v) is 14.7. The van der Waals surface area contributed by atoms with Crippen LogP contribution in [0.2, 0.25) is 0 Å². The van der Waals surface area contributed by atoms with Crippen molar-refractivity contribution in [2.45, 2.75) is 6.42 Å². The van der Waals surface area contributed by atoms with Crippen LogP contribution in [0.4, 0.5) is 0 Å². The predicted octanol–water partition coefficient (Wildman–Crippen LogP) is 2.08. The average Bonchev–Trinajstić information content (AvgIpc) is 2.72. The average molecular weight is 372 g/mol. The molecule has 3 N–H and O–H groups in total. The second-order valence-corrected chi connectivity index (χ2v) is 6.31. The molecule has 2 amide bonds. The van der Waals surface area contributed by atoms with E-state index in [-0.39, 0.29) is 23.6 Å². The van der Waals surface area contributed by atoms with Crippen molar-refractivity contribution in [1.29, 1.82) is 0 Å². The lowest BCUT2D eigenvalue weighted by atomic mass is 10.1. The molecule has 0 unspecified atom stereocenters. The van der Waals surface area contributed by atoms with E-state index in [4.69, 9.17) is 0 Å². The summed E-state index contributed by atoms with van der Waals surface area (Å²) >= 11 is 0. The maximum atomic E-state index is 12.4. The van der Waals surface area contributed by atoms with Crippen molar-refractivity contribution in [2.24, 2.45) is 0 Å². The summed E-state index contributed by atoms with van der Waals surface area (Å²) in [5.41, 5.74) is 5.21. The number of amides is 2. The van der Waals surface area contributed by atoms with Crippen LogP contribution < -0.4 is 16.4 Å². The van der Waals surface area contributed by atoms with E-state index in [9.17, 15) is 14.4 Å². The number of hydrogen-bond acceptors (Lipinski definition) is 4. The summed E-state index contributed by atoms with van der Waals surface area (Å²) in [6.07, 6.45) is 0.116. The van der Waals surface area contributed by atoms with Gasteiger partial charge in [-0.3, -0.25) is 25.2 Å². The van der Waals surface area contributed by atoms with E-state index in [2.05, 4.69) is 21.0 Å². The molecule has 7 heteroatoms. The molecule has 28 heavy (non-hydrogen) atoms. The number of hydrazine groups is 1. The first kappa shape index (κ1) is 17.4. The maximum Gasteiger partial charge on any atom is 0.290 e. The SMILES string of the molecule is O=C(Cc1ccc2ccccc2c1)NNC(=O)c1n[nH]c(=O)c2ccccc12. The lowest BCUT2D eigenvalue weighted by molar-refractivity contribution is -0.121. The number of aromatic amines is 1. The van der Waals surface area contributed by atoms with Gasteiger partial charge in [-0.05, 0) is 22.4 Å². The van der Waals surface area contributed by atoms with Gasteiger partial charge in [0.25, 0.3) is 11.5 Å². The summed E-state index contributed by atoms with van der Waals surface area (Å²) in [4.78, 5) is 36.4. The minimum atomic E-state index is -0.612. The fraction of sp³-hybridized carbons (Fsp3) is 0.0476. The van der Waals surface area contributed by atoms with Gasteiger partial charge in [0.2, 0.25) is 5.91 Å². The predicted molar refractivity (Wildman–Crippen MR) is 106 cm³/mol. The second-order valence-electron chi connectivity index (χ2n) is 6.31. The van der Waals surface area contributed by atoms with Gasteiger partial charge in [0.05, 0.1) is 11.8 Å². The van der Waals surface area contributed by atoms with E-state index < -0.39 is 5.91 Å². The Morgan fingerprint density at radius 2 is 1.57 bits per heavy atom. The maximum absolute atomic E-state index is 12.4. The number of nitrogens with zero attached hydrogens (tertiary/aromatic N) is 1. The van der Waals surface area contributed by atoms with Crippen LogP contribution in [0.3, 0.4) is 0 Å². The molecule has 0 radical (unpaired) electrons. The molecule has 0 aliphatic heterocycles. The number of carbonyl (C=O) groups is 2. The Balaban J connectivity index is 1.45. The van der Waals surface area contributed by atoms with Gasteiger partial charge in [-0.15, -0.1) is 0 Å². The molecule has 1 heterocycles. The van der Waals surface area contributed by atoms with Gasteiger partial charge in [0.1, 0.15) is 0 Å².